The quantitative estimate of drug-likeness (QED) is 0.403. The van der Waals surface area contributed by atoms with Crippen LogP contribution in [0.5, 0.6) is 0 Å². The number of hydrogen-bond acceptors (Lipinski definition) is 5. The van der Waals surface area contributed by atoms with Gasteiger partial charge in [-0.1, -0.05) is 38.8 Å². The average Bonchev–Trinajstić information content (AvgIpc) is 2.35. The van der Waals surface area contributed by atoms with E-state index in [1.165, 1.54) is 14.2 Å². The third-order valence-corrected chi connectivity index (χ3v) is 5.62. The molecule has 0 saturated carbocycles. The zero-order valence-electron chi connectivity index (χ0n) is 10.2. The van der Waals surface area contributed by atoms with Crippen LogP contribution in [-0.2, 0) is 23.8 Å². The van der Waals surface area contributed by atoms with Gasteiger partial charge in [0.15, 0.2) is 4.51 Å². The third-order valence-electron chi connectivity index (χ3n) is 2.32. The van der Waals surface area contributed by atoms with E-state index in [4.69, 9.17) is 9.47 Å². The molecule has 0 aliphatic carbocycles. The Balaban J connectivity index is 5.53. The normalized spacial score (nSPS) is 17.8. The van der Waals surface area contributed by atoms with Crippen LogP contribution in [0.15, 0.2) is 0 Å². The molecule has 100 valence electrons. The lowest BCUT2D eigenvalue weighted by atomic mass is 10.00. The number of methoxy groups -OCH3 is 2. The standard InChI is InChI=1S/C10H16Br2O5/c1-5-9(11,16-4)10(12,7(13)15-3)8(14)17-6-2/h5-6H2,1-4H3. The Hall–Kier alpha value is -0.140. The van der Waals surface area contributed by atoms with Gasteiger partial charge in [-0.15, -0.1) is 0 Å². The number of carbonyl (C=O) groups excluding carboxylic acids is 2. The van der Waals surface area contributed by atoms with E-state index in [-0.39, 0.29) is 6.61 Å². The summed E-state index contributed by atoms with van der Waals surface area (Å²) in [5.41, 5.74) is 0. The van der Waals surface area contributed by atoms with Crippen molar-refractivity contribution in [3.8, 4) is 0 Å². The number of halogens is 2. The maximum absolute atomic E-state index is 11.9. The van der Waals surface area contributed by atoms with Crippen molar-refractivity contribution < 1.29 is 23.8 Å². The fourth-order valence-electron chi connectivity index (χ4n) is 1.29. The van der Waals surface area contributed by atoms with Gasteiger partial charge in [-0.2, -0.15) is 0 Å². The number of ether oxygens (including phenoxy) is 3. The smallest absolute Gasteiger partial charge is 0.338 e. The Bertz CT molecular complexity index is 290. The highest BCUT2D eigenvalue weighted by Crippen LogP contribution is 2.43. The van der Waals surface area contributed by atoms with Gasteiger partial charge in [-0.25, -0.2) is 9.59 Å². The molecule has 0 aliphatic heterocycles. The van der Waals surface area contributed by atoms with Crippen LogP contribution in [0.25, 0.3) is 0 Å². The Labute approximate surface area is 117 Å². The molecule has 2 atom stereocenters. The van der Waals surface area contributed by atoms with E-state index in [0.717, 1.165) is 0 Å². The van der Waals surface area contributed by atoms with E-state index in [2.05, 4.69) is 36.6 Å². The third kappa shape index (κ3) is 3.00. The summed E-state index contributed by atoms with van der Waals surface area (Å²) < 4.78 is 11.8. The molecule has 7 heteroatoms. The van der Waals surface area contributed by atoms with Crippen LogP contribution in [0.1, 0.15) is 20.3 Å². The van der Waals surface area contributed by atoms with Crippen LogP contribution < -0.4 is 0 Å². The minimum absolute atomic E-state index is 0.152. The molecule has 0 amide bonds. The maximum atomic E-state index is 11.9. The van der Waals surface area contributed by atoms with E-state index in [1.54, 1.807) is 13.8 Å². The Morgan fingerprint density at radius 3 is 1.94 bits per heavy atom. The van der Waals surface area contributed by atoms with Crippen molar-refractivity contribution >= 4 is 43.8 Å². The van der Waals surface area contributed by atoms with Gasteiger partial charge in [0.2, 0.25) is 0 Å². The van der Waals surface area contributed by atoms with E-state index in [0.29, 0.717) is 6.42 Å². The predicted molar refractivity (Wildman–Crippen MR) is 69.3 cm³/mol. The van der Waals surface area contributed by atoms with E-state index in [9.17, 15) is 9.59 Å². The number of alkyl halides is 2. The molecule has 17 heavy (non-hydrogen) atoms. The fraction of sp³-hybridized carbons (Fsp3) is 0.800. The fourth-order valence-corrected chi connectivity index (χ4v) is 2.33. The lowest BCUT2D eigenvalue weighted by molar-refractivity contribution is -0.163. The number of esters is 2. The van der Waals surface area contributed by atoms with Crippen molar-refractivity contribution in [2.45, 2.75) is 29.1 Å². The van der Waals surface area contributed by atoms with Crippen LogP contribution in [0.3, 0.4) is 0 Å². The molecule has 0 radical (unpaired) electrons. The van der Waals surface area contributed by atoms with Gasteiger partial charge in [0.05, 0.1) is 13.7 Å². The Morgan fingerprint density at radius 2 is 1.65 bits per heavy atom. The lowest BCUT2D eigenvalue weighted by Gasteiger charge is -2.36. The van der Waals surface area contributed by atoms with Gasteiger partial charge in [-0.05, 0) is 13.3 Å². The van der Waals surface area contributed by atoms with Gasteiger partial charge in [0.25, 0.3) is 4.32 Å². The summed E-state index contributed by atoms with van der Waals surface area (Å²) in [6.07, 6.45) is 0.350. The molecule has 0 bridgehead atoms. The molecule has 0 N–H and O–H groups in total. The first-order chi connectivity index (χ1) is 7.83. The highest BCUT2D eigenvalue weighted by molar-refractivity contribution is 9.13. The molecule has 0 aromatic heterocycles. The first-order valence-electron chi connectivity index (χ1n) is 5.02. The molecule has 0 rings (SSSR count). The first kappa shape index (κ1) is 16.9. The summed E-state index contributed by atoms with van der Waals surface area (Å²) in [7, 11) is 2.58. The van der Waals surface area contributed by atoms with Crippen LogP contribution in [0, 0.1) is 0 Å². The second-order valence-corrected chi connectivity index (χ2v) is 5.63. The van der Waals surface area contributed by atoms with Gasteiger partial charge >= 0.3 is 11.9 Å². The first-order valence-corrected chi connectivity index (χ1v) is 6.61. The minimum Gasteiger partial charge on any atom is -0.467 e. The number of carbonyl (C=O) groups is 2. The molecule has 0 aliphatic rings. The Morgan fingerprint density at radius 1 is 1.12 bits per heavy atom. The van der Waals surface area contributed by atoms with E-state index < -0.39 is 20.8 Å². The van der Waals surface area contributed by atoms with Crippen molar-refractivity contribution in [2.24, 2.45) is 0 Å². The van der Waals surface area contributed by atoms with Crippen LogP contribution in [0.2, 0.25) is 0 Å². The number of rotatable bonds is 6. The molecule has 5 nitrogen and oxygen atoms in total. The van der Waals surface area contributed by atoms with Crippen molar-refractivity contribution in [1.29, 1.82) is 0 Å². The van der Waals surface area contributed by atoms with Gasteiger partial charge < -0.3 is 14.2 Å². The molecule has 0 heterocycles. The summed E-state index contributed by atoms with van der Waals surface area (Å²) in [4.78, 5) is 23.8. The highest BCUT2D eigenvalue weighted by atomic mass is 79.9. The average molecular weight is 376 g/mol. The van der Waals surface area contributed by atoms with Gasteiger partial charge in [0.1, 0.15) is 0 Å². The summed E-state index contributed by atoms with van der Waals surface area (Å²) in [5, 5.41) is 0. The van der Waals surface area contributed by atoms with Crippen molar-refractivity contribution in [2.75, 3.05) is 20.8 Å². The number of hydrogen-bond donors (Lipinski definition) is 0. The molecule has 0 saturated heterocycles. The van der Waals surface area contributed by atoms with Crippen molar-refractivity contribution in [3.05, 3.63) is 0 Å². The molecule has 0 spiro atoms. The topological polar surface area (TPSA) is 61.8 Å². The molecule has 2 unspecified atom stereocenters. The van der Waals surface area contributed by atoms with Crippen molar-refractivity contribution in [3.63, 3.8) is 0 Å². The van der Waals surface area contributed by atoms with E-state index >= 15 is 0 Å². The van der Waals surface area contributed by atoms with Gasteiger partial charge in [0, 0.05) is 7.11 Å². The maximum Gasteiger partial charge on any atom is 0.338 e. The monoisotopic (exact) mass is 374 g/mol. The van der Waals surface area contributed by atoms with Crippen molar-refractivity contribution in [1.82, 2.24) is 0 Å². The zero-order valence-corrected chi connectivity index (χ0v) is 13.4. The summed E-state index contributed by atoms with van der Waals surface area (Å²) in [6, 6.07) is 0. The van der Waals surface area contributed by atoms with Crippen LogP contribution >= 0.6 is 31.9 Å². The highest BCUT2D eigenvalue weighted by Gasteiger charge is 2.61. The SMILES string of the molecule is CCOC(=O)C(Br)(C(=O)OC)C(Br)(CC)OC. The Kier molecular flexibility index (Phi) is 6.65. The summed E-state index contributed by atoms with van der Waals surface area (Å²) in [6.45, 7) is 3.56. The minimum atomic E-state index is -1.74. The second-order valence-electron chi connectivity index (χ2n) is 3.16. The summed E-state index contributed by atoms with van der Waals surface area (Å²) in [5.74, 6) is -1.54. The van der Waals surface area contributed by atoms with Gasteiger partial charge in [-0.3, -0.25) is 0 Å². The van der Waals surface area contributed by atoms with E-state index in [1.807, 2.05) is 0 Å². The molecule has 0 aromatic rings. The second kappa shape index (κ2) is 6.70. The lowest BCUT2D eigenvalue weighted by Crippen LogP contribution is -2.58. The van der Waals surface area contributed by atoms with Crippen LogP contribution in [-0.4, -0.2) is 41.6 Å². The molecule has 0 aromatic carbocycles. The zero-order chi connectivity index (χ0) is 13.7. The molecular weight excluding hydrogens is 360 g/mol. The van der Waals surface area contributed by atoms with Crippen LogP contribution in [0.4, 0.5) is 0 Å². The predicted octanol–water partition coefficient (Wildman–Crippen LogP) is 2.00. The largest absolute Gasteiger partial charge is 0.467 e. The molecular formula is C10H16Br2O5. The molecule has 0 fully saturated rings. The summed E-state index contributed by atoms with van der Waals surface area (Å²) >= 11 is 6.35.